The third-order valence-electron chi connectivity index (χ3n) is 2.52. The van der Waals surface area contributed by atoms with Crippen LogP contribution in [0.3, 0.4) is 0 Å². The fourth-order valence-electron chi connectivity index (χ4n) is 1.67. The zero-order chi connectivity index (χ0) is 12.3. The molecule has 1 heterocycles. The highest BCUT2D eigenvalue weighted by Crippen LogP contribution is 2.15. The average Bonchev–Trinajstić information content (AvgIpc) is 2.63. The molecule has 0 saturated heterocycles. The van der Waals surface area contributed by atoms with Gasteiger partial charge in [0.05, 0.1) is 0 Å². The zero-order valence-electron chi connectivity index (χ0n) is 9.65. The Morgan fingerprint density at radius 2 is 2.24 bits per heavy atom. The van der Waals surface area contributed by atoms with E-state index in [1.54, 1.807) is 12.3 Å². The van der Waals surface area contributed by atoms with Crippen molar-refractivity contribution in [1.29, 1.82) is 0 Å². The van der Waals surface area contributed by atoms with Gasteiger partial charge in [0, 0.05) is 43.8 Å². The van der Waals surface area contributed by atoms with Gasteiger partial charge in [-0.05, 0) is 18.2 Å². The molecule has 0 aliphatic rings. The number of nitrogens with zero attached hydrogens (tertiary/aromatic N) is 2. The highest BCUT2D eigenvalue weighted by molar-refractivity contribution is 5.54. The number of benzene rings is 1. The van der Waals surface area contributed by atoms with Crippen molar-refractivity contribution in [2.75, 3.05) is 17.6 Å². The van der Waals surface area contributed by atoms with Crippen molar-refractivity contribution in [3.05, 3.63) is 42.2 Å². The van der Waals surface area contributed by atoms with E-state index >= 15 is 0 Å². The number of anilines is 2. The Balaban J connectivity index is 1.92. The third-order valence-corrected chi connectivity index (χ3v) is 2.52. The maximum atomic E-state index is 13.1. The van der Waals surface area contributed by atoms with E-state index in [1.165, 1.54) is 12.1 Å². The van der Waals surface area contributed by atoms with Crippen molar-refractivity contribution >= 4 is 11.4 Å². The van der Waals surface area contributed by atoms with Crippen LogP contribution in [0.1, 0.15) is 5.82 Å². The Morgan fingerprint density at radius 3 is 2.88 bits per heavy atom. The molecular formula is C12H15FN4. The monoisotopic (exact) mass is 234 g/mol. The first kappa shape index (κ1) is 11.4. The fraction of sp³-hybridized carbons (Fsp3) is 0.250. The number of aryl methyl sites for hydroxylation is 1. The van der Waals surface area contributed by atoms with Gasteiger partial charge in [0.1, 0.15) is 11.6 Å². The van der Waals surface area contributed by atoms with Crippen LogP contribution in [0.2, 0.25) is 0 Å². The summed E-state index contributed by atoms with van der Waals surface area (Å²) in [6.07, 6.45) is 4.44. The minimum Gasteiger partial charge on any atom is -0.399 e. The quantitative estimate of drug-likeness (QED) is 0.793. The van der Waals surface area contributed by atoms with E-state index in [1.807, 2.05) is 17.8 Å². The fourth-order valence-corrected chi connectivity index (χ4v) is 1.67. The molecule has 0 aliphatic heterocycles. The summed E-state index contributed by atoms with van der Waals surface area (Å²) in [7, 11) is 1.95. The summed E-state index contributed by atoms with van der Waals surface area (Å²) in [5.41, 5.74) is 6.67. The van der Waals surface area contributed by atoms with Crippen LogP contribution in [0.5, 0.6) is 0 Å². The molecular weight excluding hydrogens is 219 g/mol. The molecule has 0 spiro atoms. The molecule has 0 saturated carbocycles. The number of halogens is 1. The molecule has 0 fully saturated rings. The molecule has 3 N–H and O–H groups in total. The lowest BCUT2D eigenvalue weighted by Gasteiger charge is -2.07. The summed E-state index contributed by atoms with van der Waals surface area (Å²) in [5.74, 6) is 0.659. The van der Waals surface area contributed by atoms with Gasteiger partial charge in [-0.2, -0.15) is 0 Å². The number of aromatic nitrogens is 2. The van der Waals surface area contributed by atoms with E-state index in [4.69, 9.17) is 5.73 Å². The van der Waals surface area contributed by atoms with Gasteiger partial charge >= 0.3 is 0 Å². The molecule has 1 aromatic heterocycles. The average molecular weight is 234 g/mol. The van der Waals surface area contributed by atoms with Crippen LogP contribution in [0.25, 0.3) is 0 Å². The summed E-state index contributed by atoms with van der Waals surface area (Å²) < 4.78 is 15.0. The predicted molar refractivity (Wildman–Crippen MR) is 66.2 cm³/mol. The maximum absolute atomic E-state index is 13.1. The van der Waals surface area contributed by atoms with E-state index < -0.39 is 0 Å². The number of rotatable bonds is 4. The van der Waals surface area contributed by atoms with Gasteiger partial charge in [0.2, 0.25) is 0 Å². The SMILES string of the molecule is Cn1ccnc1CCNc1cc(N)cc(F)c1. The minimum absolute atomic E-state index is 0.329. The van der Waals surface area contributed by atoms with E-state index in [0.29, 0.717) is 17.9 Å². The molecule has 5 heteroatoms. The molecule has 0 amide bonds. The van der Waals surface area contributed by atoms with Crippen LogP contribution in [0.15, 0.2) is 30.6 Å². The lowest BCUT2D eigenvalue weighted by atomic mass is 10.2. The molecule has 17 heavy (non-hydrogen) atoms. The van der Waals surface area contributed by atoms with Crippen LogP contribution in [0.4, 0.5) is 15.8 Å². The smallest absolute Gasteiger partial charge is 0.127 e. The summed E-state index contributed by atoms with van der Waals surface area (Å²) in [6.45, 7) is 0.688. The van der Waals surface area contributed by atoms with Crippen molar-refractivity contribution in [1.82, 2.24) is 9.55 Å². The number of hydrogen-bond donors (Lipinski definition) is 2. The largest absolute Gasteiger partial charge is 0.399 e. The van der Waals surface area contributed by atoms with Crippen LogP contribution < -0.4 is 11.1 Å². The standard InChI is InChI=1S/C12H15FN4/c1-17-5-4-16-12(17)2-3-15-11-7-9(13)6-10(14)8-11/h4-8,15H,2-3,14H2,1H3. The van der Waals surface area contributed by atoms with Gasteiger partial charge in [-0.3, -0.25) is 0 Å². The molecule has 1 aromatic carbocycles. The topological polar surface area (TPSA) is 55.9 Å². The lowest BCUT2D eigenvalue weighted by Crippen LogP contribution is -2.09. The summed E-state index contributed by atoms with van der Waals surface area (Å²) in [6, 6.07) is 4.43. The van der Waals surface area contributed by atoms with Gasteiger partial charge in [-0.15, -0.1) is 0 Å². The van der Waals surface area contributed by atoms with Crippen LogP contribution in [0, 0.1) is 5.82 Å². The second kappa shape index (κ2) is 4.86. The Bertz CT molecular complexity index is 487. The van der Waals surface area contributed by atoms with Crippen molar-refractivity contribution in [2.24, 2.45) is 7.05 Å². The van der Waals surface area contributed by atoms with Crippen LogP contribution in [-0.2, 0) is 13.5 Å². The van der Waals surface area contributed by atoms with Gasteiger partial charge in [-0.1, -0.05) is 0 Å². The van der Waals surface area contributed by atoms with Gasteiger partial charge < -0.3 is 15.6 Å². The summed E-state index contributed by atoms with van der Waals surface area (Å²) >= 11 is 0. The normalized spacial score (nSPS) is 10.5. The summed E-state index contributed by atoms with van der Waals surface area (Å²) in [5, 5.41) is 3.12. The van der Waals surface area contributed by atoms with Gasteiger partial charge in [-0.25, -0.2) is 9.37 Å². The second-order valence-corrected chi connectivity index (χ2v) is 3.90. The number of nitrogens with two attached hydrogens (primary N) is 1. The van der Waals surface area contributed by atoms with Crippen molar-refractivity contribution in [3.63, 3.8) is 0 Å². The highest BCUT2D eigenvalue weighted by Gasteiger charge is 2.00. The Kier molecular flexibility index (Phi) is 3.27. The molecule has 0 atom stereocenters. The van der Waals surface area contributed by atoms with Gasteiger partial charge in [0.25, 0.3) is 0 Å². The first-order valence-electron chi connectivity index (χ1n) is 5.41. The minimum atomic E-state index is -0.329. The Labute approximate surface area is 99.3 Å². The lowest BCUT2D eigenvalue weighted by molar-refractivity contribution is 0.629. The van der Waals surface area contributed by atoms with E-state index in [0.717, 1.165) is 12.2 Å². The molecule has 0 unspecified atom stereocenters. The van der Waals surface area contributed by atoms with E-state index in [9.17, 15) is 4.39 Å². The number of hydrogen-bond acceptors (Lipinski definition) is 3. The molecule has 0 bridgehead atoms. The molecule has 2 aromatic rings. The predicted octanol–water partition coefficient (Wildman–Crippen LogP) is 1.80. The van der Waals surface area contributed by atoms with E-state index in [-0.39, 0.29) is 5.82 Å². The molecule has 0 aliphatic carbocycles. The van der Waals surface area contributed by atoms with Crippen LogP contribution in [-0.4, -0.2) is 16.1 Å². The van der Waals surface area contributed by atoms with E-state index in [2.05, 4.69) is 10.3 Å². The number of nitrogen functional groups attached to an aromatic ring is 1. The van der Waals surface area contributed by atoms with Gasteiger partial charge in [0.15, 0.2) is 0 Å². The Morgan fingerprint density at radius 1 is 1.41 bits per heavy atom. The van der Waals surface area contributed by atoms with Crippen LogP contribution >= 0.6 is 0 Å². The number of imidazole rings is 1. The molecule has 4 nitrogen and oxygen atoms in total. The molecule has 0 radical (unpaired) electrons. The van der Waals surface area contributed by atoms with Crippen molar-refractivity contribution < 1.29 is 4.39 Å². The third kappa shape index (κ3) is 2.96. The van der Waals surface area contributed by atoms with Crippen molar-refractivity contribution in [3.8, 4) is 0 Å². The Hall–Kier alpha value is -2.04. The van der Waals surface area contributed by atoms with Crippen molar-refractivity contribution in [2.45, 2.75) is 6.42 Å². The molecule has 2 rings (SSSR count). The maximum Gasteiger partial charge on any atom is 0.127 e. The highest BCUT2D eigenvalue weighted by atomic mass is 19.1. The summed E-state index contributed by atoms with van der Waals surface area (Å²) in [4.78, 5) is 4.21. The zero-order valence-corrected chi connectivity index (χ0v) is 9.65. The second-order valence-electron chi connectivity index (χ2n) is 3.90. The first-order valence-corrected chi connectivity index (χ1v) is 5.41. The molecule has 90 valence electrons. The number of nitrogens with one attached hydrogen (secondary N) is 1. The first-order chi connectivity index (χ1) is 8.15.